The minimum Gasteiger partial charge on any atom is -0.395 e. The first-order chi connectivity index (χ1) is 14.3. The minimum atomic E-state index is -3.72. The second kappa shape index (κ2) is 8.67. The molecule has 0 saturated heterocycles. The number of carbonyl (C=O) groups excluding carboxylic acids is 1. The van der Waals surface area contributed by atoms with E-state index < -0.39 is 6.29 Å². The summed E-state index contributed by atoms with van der Waals surface area (Å²) in [4.78, 5) is 16.6. The Hall–Kier alpha value is -3.19. The number of amides is 1. The number of pyridine rings is 1. The van der Waals surface area contributed by atoms with Crippen molar-refractivity contribution in [1.82, 2.24) is 4.98 Å². The Bertz CT molecular complexity index is 1070. The second-order valence-corrected chi connectivity index (χ2v) is 6.55. The highest BCUT2D eigenvalue weighted by atomic mass is 35.5. The predicted molar refractivity (Wildman–Crippen MR) is 111 cm³/mol. The molecule has 5 nitrogen and oxygen atoms in total. The number of anilines is 1. The van der Waals surface area contributed by atoms with Crippen LogP contribution in [0, 0.1) is 6.92 Å². The summed E-state index contributed by atoms with van der Waals surface area (Å²) >= 11 is 6.18. The third kappa shape index (κ3) is 4.52. The van der Waals surface area contributed by atoms with Gasteiger partial charge in [-0.05, 0) is 36.8 Å². The van der Waals surface area contributed by atoms with E-state index in [-0.39, 0.29) is 22.4 Å². The van der Waals surface area contributed by atoms with E-state index in [0.29, 0.717) is 22.5 Å². The number of aromatic nitrogens is 1. The van der Waals surface area contributed by atoms with E-state index in [4.69, 9.17) is 11.6 Å². The van der Waals surface area contributed by atoms with Crippen molar-refractivity contribution >= 4 is 23.3 Å². The quantitative estimate of drug-likeness (QED) is 0.526. The molecule has 1 aromatic heterocycles. The van der Waals surface area contributed by atoms with E-state index in [1.807, 2.05) is 32.9 Å². The Morgan fingerprint density at radius 2 is 1.73 bits per heavy atom. The molecule has 1 aliphatic rings. The number of fused-ring (bicyclic) bond motifs is 1. The number of alkyl halides is 2. The van der Waals surface area contributed by atoms with Crippen LogP contribution in [0.1, 0.15) is 29.8 Å². The summed E-state index contributed by atoms with van der Waals surface area (Å²) in [5.74, 6) is -0.169. The van der Waals surface area contributed by atoms with Gasteiger partial charge in [-0.25, -0.2) is 4.98 Å². The number of halogens is 3. The fraction of sp³-hybridized carbons (Fsp3) is 0.182. The molecule has 3 aromatic rings. The van der Waals surface area contributed by atoms with Crippen molar-refractivity contribution in [3.63, 3.8) is 0 Å². The van der Waals surface area contributed by atoms with E-state index in [0.717, 1.165) is 5.56 Å². The van der Waals surface area contributed by atoms with Gasteiger partial charge in [-0.2, -0.15) is 0 Å². The first-order valence-corrected chi connectivity index (χ1v) is 9.63. The summed E-state index contributed by atoms with van der Waals surface area (Å²) in [5, 5.41) is 2.92. The summed E-state index contributed by atoms with van der Waals surface area (Å²) in [7, 11) is 0. The molecule has 1 N–H and O–H groups in total. The number of benzene rings is 2. The van der Waals surface area contributed by atoms with Gasteiger partial charge in [0.25, 0.3) is 5.91 Å². The SMILES string of the molecule is CC.Cc1ccccc1C(=O)Nc1ccc(-c2cc3c(cc2Cl)OC(F)(F)O3)cn1. The maximum atomic E-state index is 13.2. The minimum absolute atomic E-state index is 0.110. The van der Waals surface area contributed by atoms with Crippen molar-refractivity contribution < 1.29 is 23.0 Å². The van der Waals surface area contributed by atoms with Gasteiger partial charge in [0.1, 0.15) is 5.82 Å². The predicted octanol–water partition coefficient (Wildman–Crippen LogP) is 6.31. The molecule has 156 valence electrons. The molecule has 2 heterocycles. The maximum absolute atomic E-state index is 13.2. The number of carbonyl (C=O) groups is 1. The van der Waals surface area contributed by atoms with Crippen molar-refractivity contribution in [3.05, 3.63) is 70.9 Å². The number of nitrogens with zero attached hydrogens (tertiary/aromatic N) is 1. The van der Waals surface area contributed by atoms with Crippen LogP contribution in [-0.4, -0.2) is 17.2 Å². The average molecular weight is 433 g/mol. The molecule has 1 amide bonds. The molecule has 0 atom stereocenters. The summed E-state index contributed by atoms with van der Waals surface area (Å²) in [6.45, 7) is 5.84. The van der Waals surface area contributed by atoms with Gasteiger partial charge in [0.05, 0.1) is 5.02 Å². The van der Waals surface area contributed by atoms with Crippen LogP contribution >= 0.6 is 11.6 Å². The number of nitrogens with one attached hydrogen (secondary N) is 1. The summed E-state index contributed by atoms with van der Waals surface area (Å²) < 4.78 is 35.2. The number of hydrogen-bond acceptors (Lipinski definition) is 4. The number of hydrogen-bond donors (Lipinski definition) is 1. The Morgan fingerprint density at radius 1 is 1.07 bits per heavy atom. The van der Waals surface area contributed by atoms with Crippen LogP contribution < -0.4 is 14.8 Å². The fourth-order valence-electron chi connectivity index (χ4n) is 2.83. The Labute approximate surface area is 177 Å². The highest BCUT2D eigenvalue weighted by Crippen LogP contribution is 2.45. The lowest BCUT2D eigenvalue weighted by Gasteiger charge is -2.09. The topological polar surface area (TPSA) is 60.5 Å². The normalized spacial score (nSPS) is 13.3. The maximum Gasteiger partial charge on any atom is 0.586 e. The molecular weight excluding hydrogens is 414 g/mol. The standard InChI is InChI=1S/C20H13ClF2N2O3.C2H6/c1-11-4-2-3-5-13(11)19(26)25-18-7-6-12(10-24-18)14-8-16-17(9-15(14)21)28-20(22,23)27-16;1-2/h2-10H,1H3,(H,24,25,26);1-2H3. The third-order valence-corrected chi connectivity index (χ3v) is 4.51. The lowest BCUT2D eigenvalue weighted by Crippen LogP contribution is -2.25. The first kappa shape index (κ1) is 21.5. The number of ether oxygens (including phenoxy) is 2. The Kier molecular flexibility index (Phi) is 6.22. The van der Waals surface area contributed by atoms with Crippen LogP contribution in [0.25, 0.3) is 11.1 Å². The third-order valence-electron chi connectivity index (χ3n) is 4.20. The van der Waals surface area contributed by atoms with E-state index in [1.54, 1.807) is 24.3 Å². The lowest BCUT2D eigenvalue weighted by atomic mass is 10.1. The van der Waals surface area contributed by atoms with Gasteiger partial charge in [0.2, 0.25) is 0 Å². The molecule has 8 heteroatoms. The zero-order chi connectivity index (χ0) is 21.9. The van der Waals surface area contributed by atoms with Crippen molar-refractivity contribution in [2.45, 2.75) is 27.1 Å². The molecule has 1 aliphatic heterocycles. The summed E-state index contributed by atoms with van der Waals surface area (Å²) in [6, 6.07) is 13.1. The molecule has 0 spiro atoms. The van der Waals surface area contributed by atoms with Crippen LogP contribution in [0.5, 0.6) is 11.5 Å². The first-order valence-electron chi connectivity index (χ1n) is 9.25. The van der Waals surface area contributed by atoms with E-state index in [2.05, 4.69) is 19.8 Å². The highest BCUT2D eigenvalue weighted by Gasteiger charge is 2.43. The van der Waals surface area contributed by atoms with Crippen LogP contribution in [0.2, 0.25) is 5.02 Å². The van der Waals surface area contributed by atoms with Crippen LogP contribution in [0.3, 0.4) is 0 Å². The molecular formula is C22H19ClF2N2O3. The van der Waals surface area contributed by atoms with Gasteiger partial charge >= 0.3 is 6.29 Å². The molecule has 2 aromatic carbocycles. The largest absolute Gasteiger partial charge is 0.586 e. The second-order valence-electron chi connectivity index (χ2n) is 6.15. The fourth-order valence-corrected chi connectivity index (χ4v) is 3.09. The van der Waals surface area contributed by atoms with Crippen LogP contribution in [0.15, 0.2) is 54.7 Å². The van der Waals surface area contributed by atoms with Crippen molar-refractivity contribution in [2.75, 3.05) is 5.32 Å². The van der Waals surface area contributed by atoms with Gasteiger partial charge in [0.15, 0.2) is 11.5 Å². The molecule has 0 saturated carbocycles. The van der Waals surface area contributed by atoms with Gasteiger partial charge in [-0.15, -0.1) is 8.78 Å². The van der Waals surface area contributed by atoms with Crippen molar-refractivity contribution in [2.24, 2.45) is 0 Å². The molecule has 0 aliphatic carbocycles. The number of rotatable bonds is 3. The molecule has 0 bridgehead atoms. The molecule has 0 radical (unpaired) electrons. The lowest BCUT2D eigenvalue weighted by molar-refractivity contribution is -0.286. The van der Waals surface area contributed by atoms with Gasteiger partial charge in [-0.3, -0.25) is 4.79 Å². The average Bonchev–Trinajstić information content (AvgIpc) is 3.02. The van der Waals surface area contributed by atoms with E-state index >= 15 is 0 Å². The van der Waals surface area contributed by atoms with Crippen LogP contribution in [-0.2, 0) is 0 Å². The zero-order valence-corrected chi connectivity index (χ0v) is 17.3. The van der Waals surface area contributed by atoms with E-state index in [1.165, 1.54) is 18.3 Å². The molecule has 30 heavy (non-hydrogen) atoms. The van der Waals surface area contributed by atoms with Gasteiger partial charge in [0, 0.05) is 29.0 Å². The highest BCUT2D eigenvalue weighted by molar-refractivity contribution is 6.33. The smallest absolute Gasteiger partial charge is 0.395 e. The van der Waals surface area contributed by atoms with E-state index in [9.17, 15) is 13.6 Å². The van der Waals surface area contributed by atoms with Crippen molar-refractivity contribution in [1.29, 1.82) is 0 Å². The summed E-state index contributed by atoms with van der Waals surface area (Å²) in [6.07, 6.45) is -2.23. The molecule has 0 fully saturated rings. The van der Waals surface area contributed by atoms with Gasteiger partial charge in [-0.1, -0.05) is 43.6 Å². The van der Waals surface area contributed by atoms with Crippen molar-refractivity contribution in [3.8, 4) is 22.6 Å². The van der Waals surface area contributed by atoms with Gasteiger partial charge < -0.3 is 14.8 Å². The molecule has 0 unspecified atom stereocenters. The monoisotopic (exact) mass is 432 g/mol. The zero-order valence-electron chi connectivity index (χ0n) is 16.5. The molecule has 4 rings (SSSR count). The Morgan fingerprint density at radius 3 is 2.37 bits per heavy atom. The number of aryl methyl sites for hydroxylation is 1. The summed E-state index contributed by atoms with van der Waals surface area (Å²) in [5.41, 5.74) is 2.42. The Balaban J connectivity index is 0.00000124. The van der Waals surface area contributed by atoms with Crippen LogP contribution in [0.4, 0.5) is 14.6 Å².